The van der Waals surface area contributed by atoms with Crippen LogP contribution in [0.5, 0.6) is 0 Å². The van der Waals surface area contributed by atoms with Gasteiger partial charge in [-0.05, 0) is 40.7 Å². The van der Waals surface area contributed by atoms with E-state index in [0.717, 1.165) is 32.5 Å². The minimum Gasteiger partial charge on any atom is -0.480 e. The summed E-state index contributed by atoms with van der Waals surface area (Å²) in [5, 5.41) is 8.66. The average molecular weight is 375 g/mol. The van der Waals surface area contributed by atoms with Crippen LogP contribution in [0.15, 0.2) is 54.1 Å². The maximum absolute atomic E-state index is 10.5. The second-order valence-corrected chi connectivity index (χ2v) is 7.27. The summed E-state index contributed by atoms with van der Waals surface area (Å²) in [5.74, 6) is -0.912. The zero-order chi connectivity index (χ0) is 19.3. The van der Waals surface area contributed by atoms with E-state index in [0.29, 0.717) is 6.61 Å². The van der Waals surface area contributed by atoms with Crippen molar-refractivity contribution in [2.24, 2.45) is 0 Å². The number of ether oxygens (including phenoxy) is 1. The van der Waals surface area contributed by atoms with Crippen molar-refractivity contribution in [2.75, 3.05) is 32.8 Å². The SMILES string of the molecule is O=C(O)COCCN1CCC(=C2c3ccccc3C=Cc3ccccc32)CC1. The van der Waals surface area contributed by atoms with Crippen LogP contribution in [0.4, 0.5) is 0 Å². The summed E-state index contributed by atoms with van der Waals surface area (Å²) < 4.78 is 5.19. The predicted octanol–water partition coefficient (Wildman–Crippen LogP) is 4.17. The van der Waals surface area contributed by atoms with Gasteiger partial charge in [-0.1, -0.05) is 66.3 Å². The molecule has 2 aliphatic rings. The van der Waals surface area contributed by atoms with Crippen molar-refractivity contribution in [1.82, 2.24) is 4.90 Å². The molecule has 2 aromatic carbocycles. The first kappa shape index (κ1) is 18.7. The smallest absolute Gasteiger partial charge is 0.329 e. The number of benzene rings is 2. The quantitative estimate of drug-likeness (QED) is 0.680. The number of nitrogens with zero attached hydrogens (tertiary/aromatic N) is 1. The van der Waals surface area contributed by atoms with Gasteiger partial charge in [0.25, 0.3) is 0 Å². The second kappa shape index (κ2) is 8.55. The number of hydrogen-bond donors (Lipinski definition) is 1. The van der Waals surface area contributed by atoms with Crippen molar-refractivity contribution >= 4 is 23.7 Å². The normalized spacial score (nSPS) is 16.4. The van der Waals surface area contributed by atoms with Crippen molar-refractivity contribution in [3.8, 4) is 0 Å². The van der Waals surface area contributed by atoms with Gasteiger partial charge in [0.15, 0.2) is 0 Å². The zero-order valence-corrected chi connectivity index (χ0v) is 15.9. The summed E-state index contributed by atoms with van der Waals surface area (Å²) in [6, 6.07) is 17.3. The maximum Gasteiger partial charge on any atom is 0.329 e. The van der Waals surface area contributed by atoms with Gasteiger partial charge in [0.1, 0.15) is 6.61 Å². The first-order valence-electron chi connectivity index (χ1n) is 9.83. The van der Waals surface area contributed by atoms with E-state index in [-0.39, 0.29) is 6.61 Å². The minimum absolute atomic E-state index is 0.219. The molecule has 4 heteroatoms. The molecular weight excluding hydrogens is 350 g/mol. The number of carbonyl (C=O) groups is 1. The zero-order valence-electron chi connectivity index (χ0n) is 15.9. The lowest BCUT2D eigenvalue weighted by Crippen LogP contribution is -2.34. The summed E-state index contributed by atoms with van der Waals surface area (Å²) in [6.07, 6.45) is 6.49. The van der Waals surface area contributed by atoms with E-state index < -0.39 is 5.97 Å². The number of aliphatic carboxylic acids is 1. The molecule has 4 rings (SSSR count). The molecule has 1 aliphatic carbocycles. The molecule has 0 unspecified atom stereocenters. The molecule has 2 aromatic rings. The van der Waals surface area contributed by atoms with Crippen LogP contribution < -0.4 is 0 Å². The number of rotatable bonds is 5. The highest BCUT2D eigenvalue weighted by Gasteiger charge is 2.22. The van der Waals surface area contributed by atoms with Crippen LogP contribution >= 0.6 is 0 Å². The van der Waals surface area contributed by atoms with Crippen LogP contribution in [-0.2, 0) is 9.53 Å². The van der Waals surface area contributed by atoms with Gasteiger partial charge in [0.05, 0.1) is 6.61 Å². The highest BCUT2D eigenvalue weighted by molar-refractivity contribution is 5.94. The first-order chi connectivity index (χ1) is 13.7. The van der Waals surface area contributed by atoms with Gasteiger partial charge in [-0.3, -0.25) is 0 Å². The lowest BCUT2D eigenvalue weighted by Gasteiger charge is -2.30. The third kappa shape index (κ3) is 4.08. The van der Waals surface area contributed by atoms with E-state index in [2.05, 4.69) is 65.6 Å². The highest BCUT2D eigenvalue weighted by Crippen LogP contribution is 2.38. The molecule has 0 atom stereocenters. The number of carboxylic acids is 1. The highest BCUT2D eigenvalue weighted by atomic mass is 16.5. The lowest BCUT2D eigenvalue weighted by atomic mass is 9.86. The van der Waals surface area contributed by atoms with Crippen molar-refractivity contribution in [3.63, 3.8) is 0 Å². The number of likely N-dealkylation sites (tertiary alicyclic amines) is 1. The molecule has 1 aliphatic heterocycles. The van der Waals surface area contributed by atoms with Crippen LogP contribution in [0.1, 0.15) is 35.1 Å². The average Bonchev–Trinajstić information content (AvgIpc) is 2.89. The molecule has 0 amide bonds. The predicted molar refractivity (Wildman–Crippen MR) is 112 cm³/mol. The van der Waals surface area contributed by atoms with Crippen molar-refractivity contribution in [3.05, 3.63) is 76.4 Å². The molecular formula is C24H25NO3. The Labute approximate surface area is 165 Å². The molecule has 4 nitrogen and oxygen atoms in total. The summed E-state index contributed by atoms with van der Waals surface area (Å²) in [5.41, 5.74) is 8.06. The molecule has 0 aromatic heterocycles. The molecule has 1 saturated heterocycles. The molecule has 0 saturated carbocycles. The molecule has 28 heavy (non-hydrogen) atoms. The van der Waals surface area contributed by atoms with Crippen LogP contribution in [0.2, 0.25) is 0 Å². The number of fused-ring (bicyclic) bond motifs is 2. The van der Waals surface area contributed by atoms with Crippen molar-refractivity contribution in [1.29, 1.82) is 0 Å². The van der Waals surface area contributed by atoms with Gasteiger partial charge in [0, 0.05) is 19.6 Å². The number of piperidine rings is 1. The Bertz CT molecular complexity index is 867. The van der Waals surface area contributed by atoms with E-state index in [9.17, 15) is 4.79 Å². The van der Waals surface area contributed by atoms with Crippen LogP contribution in [0.25, 0.3) is 17.7 Å². The standard InChI is InChI=1S/C24H25NO3/c26-23(27)17-28-16-15-25-13-11-20(12-14-25)24-21-7-3-1-5-18(21)9-10-19-6-2-4-8-22(19)24/h1-10H,11-17H2,(H,26,27). The number of carboxylic acid groups (broad SMARTS) is 1. The molecule has 1 N–H and O–H groups in total. The van der Waals surface area contributed by atoms with E-state index in [4.69, 9.17) is 9.84 Å². The fraction of sp³-hybridized carbons (Fsp3) is 0.292. The molecule has 0 radical (unpaired) electrons. The first-order valence-corrected chi connectivity index (χ1v) is 9.83. The summed E-state index contributed by atoms with van der Waals surface area (Å²) in [7, 11) is 0. The monoisotopic (exact) mass is 375 g/mol. The topological polar surface area (TPSA) is 49.8 Å². The van der Waals surface area contributed by atoms with E-state index >= 15 is 0 Å². The largest absolute Gasteiger partial charge is 0.480 e. The molecule has 144 valence electrons. The van der Waals surface area contributed by atoms with Crippen LogP contribution in [-0.4, -0.2) is 48.8 Å². The van der Waals surface area contributed by atoms with Gasteiger partial charge in [-0.25, -0.2) is 4.79 Å². The second-order valence-electron chi connectivity index (χ2n) is 7.27. The number of hydrogen-bond acceptors (Lipinski definition) is 3. The Kier molecular flexibility index (Phi) is 5.70. The van der Waals surface area contributed by atoms with Gasteiger partial charge in [0.2, 0.25) is 0 Å². The summed E-state index contributed by atoms with van der Waals surface area (Å²) in [4.78, 5) is 12.9. The third-order valence-corrected chi connectivity index (χ3v) is 5.49. The Balaban J connectivity index is 1.56. The van der Waals surface area contributed by atoms with Gasteiger partial charge < -0.3 is 14.7 Å². The van der Waals surface area contributed by atoms with Crippen LogP contribution in [0.3, 0.4) is 0 Å². The van der Waals surface area contributed by atoms with E-state index in [1.807, 2.05) is 0 Å². The Morgan fingerprint density at radius 3 is 2.07 bits per heavy atom. The van der Waals surface area contributed by atoms with Gasteiger partial charge in [-0.15, -0.1) is 0 Å². The maximum atomic E-state index is 10.5. The van der Waals surface area contributed by atoms with E-state index in [1.165, 1.54) is 33.4 Å². The minimum atomic E-state index is -0.912. The Morgan fingerprint density at radius 1 is 0.929 bits per heavy atom. The summed E-state index contributed by atoms with van der Waals surface area (Å²) >= 11 is 0. The van der Waals surface area contributed by atoms with E-state index in [1.54, 1.807) is 0 Å². The lowest BCUT2D eigenvalue weighted by molar-refractivity contribution is -0.142. The Hall–Kier alpha value is -2.69. The van der Waals surface area contributed by atoms with Gasteiger partial charge in [-0.2, -0.15) is 0 Å². The fourth-order valence-electron chi connectivity index (χ4n) is 4.10. The molecule has 0 spiro atoms. The summed E-state index contributed by atoms with van der Waals surface area (Å²) in [6.45, 7) is 2.99. The van der Waals surface area contributed by atoms with Crippen molar-refractivity contribution < 1.29 is 14.6 Å². The molecule has 0 bridgehead atoms. The van der Waals surface area contributed by atoms with Crippen LogP contribution in [0, 0.1) is 0 Å². The molecule has 1 fully saturated rings. The third-order valence-electron chi connectivity index (χ3n) is 5.49. The van der Waals surface area contributed by atoms with Crippen molar-refractivity contribution in [2.45, 2.75) is 12.8 Å². The van der Waals surface area contributed by atoms with Gasteiger partial charge >= 0.3 is 5.97 Å². The molecule has 1 heterocycles. The Morgan fingerprint density at radius 2 is 1.50 bits per heavy atom. The fourth-order valence-corrected chi connectivity index (χ4v) is 4.10.